The van der Waals surface area contributed by atoms with Gasteiger partial charge in [0.1, 0.15) is 0 Å². The highest BCUT2D eigenvalue weighted by Gasteiger charge is 2.23. The summed E-state index contributed by atoms with van der Waals surface area (Å²) in [5.74, 6) is 0. The Morgan fingerprint density at radius 1 is 1.23 bits per heavy atom. The Hall–Kier alpha value is -2.09. The van der Waals surface area contributed by atoms with E-state index in [2.05, 4.69) is 44.7 Å². The molecule has 2 amide bonds. The average Bonchev–Trinajstić information content (AvgIpc) is 3.16. The Bertz CT molecular complexity index is 682. The van der Waals surface area contributed by atoms with E-state index < -0.39 is 0 Å². The molecule has 0 saturated carbocycles. The monoisotopic (exact) mass is 374 g/mol. The summed E-state index contributed by atoms with van der Waals surface area (Å²) in [6.07, 6.45) is 0. The number of nitrogens with one attached hydrogen (secondary N) is 2. The zero-order chi connectivity index (χ0) is 18.4. The standard InChI is InChI=1S/C19H26N4O2S/c1-22(2)16-7-5-15(6-8-16)17(23-9-11-25-12-10-23)14-20-19(24)21-18-4-3-13-26-18/h3-8,13,17H,9-12,14H2,1-2H3,(H2,20,21,24). The summed E-state index contributed by atoms with van der Waals surface area (Å²) in [5, 5.41) is 8.68. The minimum Gasteiger partial charge on any atom is -0.379 e. The van der Waals surface area contributed by atoms with Crippen molar-refractivity contribution in [3.63, 3.8) is 0 Å². The van der Waals surface area contributed by atoms with Gasteiger partial charge in [-0.15, -0.1) is 11.3 Å². The van der Waals surface area contributed by atoms with Crippen LogP contribution in [0.5, 0.6) is 0 Å². The number of thiophene rings is 1. The van der Waals surface area contributed by atoms with Gasteiger partial charge in [0.2, 0.25) is 0 Å². The molecule has 0 radical (unpaired) electrons. The highest BCUT2D eigenvalue weighted by Crippen LogP contribution is 2.24. The van der Waals surface area contributed by atoms with Crippen molar-refractivity contribution in [3.8, 4) is 0 Å². The first-order chi connectivity index (χ1) is 12.6. The van der Waals surface area contributed by atoms with Gasteiger partial charge >= 0.3 is 6.03 Å². The molecule has 2 heterocycles. The predicted molar refractivity (Wildman–Crippen MR) is 107 cm³/mol. The van der Waals surface area contributed by atoms with Crippen LogP contribution in [0.15, 0.2) is 41.8 Å². The van der Waals surface area contributed by atoms with E-state index in [1.165, 1.54) is 16.9 Å². The van der Waals surface area contributed by atoms with Gasteiger partial charge in [0.05, 0.1) is 24.3 Å². The molecule has 1 aliphatic heterocycles. The van der Waals surface area contributed by atoms with Gasteiger partial charge in [-0.3, -0.25) is 10.2 Å². The van der Waals surface area contributed by atoms with Gasteiger partial charge in [-0.2, -0.15) is 0 Å². The number of benzene rings is 1. The number of morpholine rings is 1. The largest absolute Gasteiger partial charge is 0.379 e. The number of nitrogens with zero attached hydrogens (tertiary/aromatic N) is 2. The molecule has 1 unspecified atom stereocenters. The van der Waals surface area contributed by atoms with Crippen LogP contribution in [0.25, 0.3) is 0 Å². The van der Waals surface area contributed by atoms with E-state index >= 15 is 0 Å². The van der Waals surface area contributed by atoms with E-state index in [-0.39, 0.29) is 12.1 Å². The number of urea groups is 1. The Labute approximate surface area is 158 Å². The summed E-state index contributed by atoms with van der Waals surface area (Å²) >= 11 is 1.51. The fraction of sp³-hybridized carbons (Fsp3) is 0.421. The molecule has 0 spiro atoms. The van der Waals surface area contributed by atoms with E-state index in [0.717, 1.165) is 37.0 Å². The summed E-state index contributed by atoms with van der Waals surface area (Å²) in [6, 6.07) is 12.3. The van der Waals surface area contributed by atoms with Crippen molar-refractivity contribution in [2.24, 2.45) is 0 Å². The van der Waals surface area contributed by atoms with Crippen LogP contribution in [0.3, 0.4) is 0 Å². The Balaban J connectivity index is 1.67. The molecule has 2 aromatic rings. The average molecular weight is 375 g/mol. The van der Waals surface area contributed by atoms with Gasteiger partial charge < -0.3 is 15.0 Å². The summed E-state index contributed by atoms with van der Waals surface area (Å²) < 4.78 is 5.49. The third-order valence-corrected chi connectivity index (χ3v) is 5.28. The summed E-state index contributed by atoms with van der Waals surface area (Å²) in [7, 11) is 4.07. The van der Waals surface area contributed by atoms with Crippen molar-refractivity contribution in [1.29, 1.82) is 0 Å². The smallest absolute Gasteiger partial charge is 0.319 e. The lowest BCUT2D eigenvalue weighted by molar-refractivity contribution is 0.0168. The van der Waals surface area contributed by atoms with Crippen molar-refractivity contribution in [3.05, 3.63) is 47.3 Å². The van der Waals surface area contributed by atoms with E-state index in [1.54, 1.807) is 0 Å². The lowest BCUT2D eigenvalue weighted by Crippen LogP contribution is -2.44. The van der Waals surface area contributed by atoms with E-state index in [1.807, 2.05) is 31.6 Å². The Morgan fingerprint density at radius 3 is 2.58 bits per heavy atom. The Morgan fingerprint density at radius 2 is 1.96 bits per heavy atom. The number of carbonyl (C=O) groups is 1. The number of carbonyl (C=O) groups excluding carboxylic acids is 1. The number of amides is 2. The zero-order valence-electron chi connectivity index (χ0n) is 15.3. The molecule has 1 atom stereocenters. The zero-order valence-corrected chi connectivity index (χ0v) is 16.1. The van der Waals surface area contributed by atoms with Crippen LogP contribution in [-0.4, -0.2) is 57.9 Å². The highest BCUT2D eigenvalue weighted by atomic mass is 32.1. The van der Waals surface area contributed by atoms with Crippen molar-refractivity contribution < 1.29 is 9.53 Å². The quantitative estimate of drug-likeness (QED) is 0.816. The van der Waals surface area contributed by atoms with Gasteiger partial charge in [-0.1, -0.05) is 12.1 Å². The maximum Gasteiger partial charge on any atom is 0.319 e. The van der Waals surface area contributed by atoms with Gasteiger partial charge in [-0.25, -0.2) is 4.79 Å². The molecule has 2 N–H and O–H groups in total. The molecule has 3 rings (SSSR count). The van der Waals surface area contributed by atoms with Crippen LogP contribution in [-0.2, 0) is 4.74 Å². The third-order valence-electron chi connectivity index (χ3n) is 4.49. The van der Waals surface area contributed by atoms with Crippen LogP contribution in [0.4, 0.5) is 15.5 Å². The number of anilines is 2. The Kier molecular flexibility index (Phi) is 6.49. The molecular weight excluding hydrogens is 348 g/mol. The topological polar surface area (TPSA) is 56.8 Å². The molecule has 140 valence electrons. The molecule has 1 aromatic heterocycles. The summed E-state index contributed by atoms with van der Waals surface area (Å²) in [4.78, 5) is 16.7. The van der Waals surface area contributed by atoms with Gasteiger partial charge in [0.25, 0.3) is 0 Å². The summed E-state index contributed by atoms with van der Waals surface area (Å²) in [6.45, 7) is 3.75. The van der Waals surface area contributed by atoms with Crippen molar-refractivity contribution in [1.82, 2.24) is 10.2 Å². The van der Waals surface area contributed by atoms with E-state index in [4.69, 9.17) is 4.74 Å². The van der Waals surface area contributed by atoms with Crippen LogP contribution in [0.1, 0.15) is 11.6 Å². The normalized spacial score (nSPS) is 16.1. The molecule has 0 bridgehead atoms. The number of rotatable bonds is 6. The molecule has 6 nitrogen and oxygen atoms in total. The molecule has 1 fully saturated rings. The molecule has 7 heteroatoms. The second-order valence-corrected chi connectivity index (χ2v) is 7.41. The number of hydrogen-bond donors (Lipinski definition) is 2. The predicted octanol–water partition coefficient (Wildman–Crippen LogP) is 3.01. The number of ether oxygens (including phenoxy) is 1. The second-order valence-electron chi connectivity index (χ2n) is 6.46. The molecule has 26 heavy (non-hydrogen) atoms. The molecule has 0 aliphatic carbocycles. The maximum atomic E-state index is 12.2. The minimum atomic E-state index is -0.171. The SMILES string of the molecule is CN(C)c1ccc(C(CNC(=O)Nc2cccs2)N2CCOCC2)cc1. The van der Waals surface area contributed by atoms with Crippen molar-refractivity contribution in [2.75, 3.05) is 57.2 Å². The first kappa shape index (κ1) is 18.7. The molecular formula is C19H26N4O2S. The van der Waals surface area contributed by atoms with Crippen molar-refractivity contribution >= 4 is 28.1 Å². The highest BCUT2D eigenvalue weighted by molar-refractivity contribution is 7.14. The van der Waals surface area contributed by atoms with Crippen LogP contribution >= 0.6 is 11.3 Å². The van der Waals surface area contributed by atoms with E-state index in [9.17, 15) is 4.79 Å². The molecule has 1 aliphatic rings. The lowest BCUT2D eigenvalue weighted by Gasteiger charge is -2.35. The van der Waals surface area contributed by atoms with Crippen molar-refractivity contribution in [2.45, 2.75) is 6.04 Å². The fourth-order valence-corrected chi connectivity index (χ4v) is 3.65. The number of hydrogen-bond acceptors (Lipinski definition) is 5. The van der Waals surface area contributed by atoms with Crippen LogP contribution in [0, 0.1) is 0 Å². The van der Waals surface area contributed by atoms with Gasteiger partial charge in [0.15, 0.2) is 0 Å². The molecule has 1 aromatic carbocycles. The van der Waals surface area contributed by atoms with Gasteiger partial charge in [-0.05, 0) is 35.2 Å². The third kappa shape index (κ3) is 4.97. The fourth-order valence-electron chi connectivity index (χ4n) is 3.04. The van der Waals surface area contributed by atoms with Crippen LogP contribution < -0.4 is 15.5 Å². The first-order valence-electron chi connectivity index (χ1n) is 8.81. The first-order valence-corrected chi connectivity index (χ1v) is 9.69. The van der Waals surface area contributed by atoms with E-state index in [0.29, 0.717) is 6.54 Å². The second kappa shape index (κ2) is 9.02. The van der Waals surface area contributed by atoms with Crippen LogP contribution in [0.2, 0.25) is 0 Å². The minimum absolute atomic E-state index is 0.129. The maximum absolute atomic E-state index is 12.2. The lowest BCUT2D eigenvalue weighted by atomic mass is 10.0. The molecule has 1 saturated heterocycles. The van der Waals surface area contributed by atoms with Gasteiger partial charge in [0, 0.05) is 39.4 Å². The summed E-state index contributed by atoms with van der Waals surface area (Å²) in [5.41, 5.74) is 2.37.